The van der Waals surface area contributed by atoms with E-state index in [4.69, 9.17) is 35.0 Å². The summed E-state index contributed by atoms with van der Waals surface area (Å²) in [4.78, 5) is 22.7. The summed E-state index contributed by atoms with van der Waals surface area (Å²) in [7, 11) is 4.41. The quantitative estimate of drug-likeness (QED) is 0.284. The highest BCUT2D eigenvalue weighted by molar-refractivity contribution is 6.31. The maximum Gasteiger partial charge on any atom is 0.345 e. The van der Waals surface area contributed by atoms with Crippen molar-refractivity contribution >= 4 is 23.3 Å². The zero-order valence-corrected chi connectivity index (χ0v) is 17.3. The molecule has 0 aliphatic rings. The van der Waals surface area contributed by atoms with Gasteiger partial charge in [-0.05, 0) is 24.3 Å². The van der Waals surface area contributed by atoms with E-state index in [1.165, 1.54) is 33.5 Å². The van der Waals surface area contributed by atoms with Crippen molar-refractivity contribution < 1.29 is 33.1 Å². The first-order valence-electron chi connectivity index (χ1n) is 8.61. The highest BCUT2D eigenvalue weighted by atomic mass is 35.5. The van der Waals surface area contributed by atoms with Gasteiger partial charge in [0.25, 0.3) is 11.6 Å². The molecule has 1 heterocycles. The maximum atomic E-state index is 12.3. The van der Waals surface area contributed by atoms with Crippen molar-refractivity contribution in [1.29, 1.82) is 0 Å². The Morgan fingerprint density at radius 1 is 1.10 bits per heavy atom. The number of rotatable bonds is 8. The predicted molar refractivity (Wildman–Crippen MR) is 107 cm³/mol. The van der Waals surface area contributed by atoms with Gasteiger partial charge < -0.3 is 23.4 Å². The normalized spacial score (nSPS) is 10.5. The molecule has 1 aromatic heterocycles. The van der Waals surface area contributed by atoms with Crippen LogP contribution in [0.3, 0.4) is 0 Å². The molecule has 0 aliphatic carbocycles. The van der Waals surface area contributed by atoms with E-state index in [1.807, 2.05) is 0 Å². The summed E-state index contributed by atoms with van der Waals surface area (Å²) in [6, 6.07) is 6.84. The summed E-state index contributed by atoms with van der Waals surface area (Å²) in [5.41, 5.74) is -0.243. The second-order valence-electron chi connectivity index (χ2n) is 5.91. The number of benzene rings is 2. The fourth-order valence-electron chi connectivity index (χ4n) is 2.67. The minimum atomic E-state index is -0.934. The SMILES string of the molecule is COc1cc(-c2nnc(COC(=O)c3ccc(Cl)cc3[N+](=O)[O-])o2)cc(OC)c1OC. The van der Waals surface area contributed by atoms with Crippen LogP contribution < -0.4 is 14.2 Å². The van der Waals surface area contributed by atoms with E-state index in [0.29, 0.717) is 22.8 Å². The van der Waals surface area contributed by atoms with Crippen LogP contribution in [0, 0.1) is 10.1 Å². The standard InChI is InChI=1S/C19H16ClN3O8/c1-27-14-6-10(7-15(28-2)17(14)29-3)18-22-21-16(31-18)9-30-19(24)12-5-4-11(20)8-13(12)23(25)26/h4-8H,9H2,1-3H3. The zero-order chi connectivity index (χ0) is 22.5. The van der Waals surface area contributed by atoms with Gasteiger partial charge in [0.2, 0.25) is 11.6 Å². The van der Waals surface area contributed by atoms with Crippen molar-refractivity contribution in [2.45, 2.75) is 6.61 Å². The van der Waals surface area contributed by atoms with Gasteiger partial charge in [-0.3, -0.25) is 10.1 Å². The lowest BCUT2D eigenvalue weighted by molar-refractivity contribution is -0.385. The number of methoxy groups -OCH3 is 3. The van der Waals surface area contributed by atoms with Crippen LogP contribution in [0.5, 0.6) is 17.2 Å². The van der Waals surface area contributed by atoms with Crippen molar-refractivity contribution in [2.75, 3.05) is 21.3 Å². The Labute approximate surface area is 180 Å². The van der Waals surface area contributed by atoms with Crippen molar-refractivity contribution in [3.63, 3.8) is 0 Å². The van der Waals surface area contributed by atoms with E-state index in [0.717, 1.165) is 6.07 Å². The Balaban J connectivity index is 1.78. The van der Waals surface area contributed by atoms with Crippen molar-refractivity contribution in [3.05, 3.63) is 56.9 Å². The number of nitrogens with zero attached hydrogens (tertiary/aromatic N) is 3. The van der Waals surface area contributed by atoms with Crippen molar-refractivity contribution in [3.8, 4) is 28.7 Å². The fraction of sp³-hybridized carbons (Fsp3) is 0.211. The monoisotopic (exact) mass is 449 g/mol. The first-order chi connectivity index (χ1) is 14.9. The summed E-state index contributed by atoms with van der Waals surface area (Å²) >= 11 is 5.75. The van der Waals surface area contributed by atoms with E-state index >= 15 is 0 Å². The third-order valence-corrected chi connectivity index (χ3v) is 4.32. The average molecular weight is 450 g/mol. The summed E-state index contributed by atoms with van der Waals surface area (Å²) in [5.74, 6) is 0.329. The van der Waals surface area contributed by atoms with Gasteiger partial charge in [-0.1, -0.05) is 11.6 Å². The Morgan fingerprint density at radius 2 is 1.77 bits per heavy atom. The third-order valence-electron chi connectivity index (χ3n) is 4.08. The molecule has 0 amide bonds. The fourth-order valence-corrected chi connectivity index (χ4v) is 2.83. The number of hydrogen-bond donors (Lipinski definition) is 0. The molecule has 11 nitrogen and oxygen atoms in total. The third kappa shape index (κ3) is 4.67. The van der Waals surface area contributed by atoms with Gasteiger partial charge in [-0.15, -0.1) is 10.2 Å². The minimum absolute atomic E-state index is 0.0197. The number of nitro groups is 1. The zero-order valence-electron chi connectivity index (χ0n) is 16.6. The molecule has 3 aromatic rings. The number of ether oxygens (including phenoxy) is 4. The summed E-state index contributed by atoms with van der Waals surface area (Å²) < 4.78 is 26.4. The first kappa shape index (κ1) is 21.8. The molecule has 0 unspecified atom stereocenters. The van der Waals surface area contributed by atoms with E-state index in [2.05, 4.69) is 10.2 Å². The number of hydrogen-bond acceptors (Lipinski definition) is 10. The van der Waals surface area contributed by atoms with Gasteiger partial charge in [0, 0.05) is 16.7 Å². The number of nitro benzene ring substituents is 1. The predicted octanol–water partition coefficient (Wildman–Crippen LogP) is 3.68. The highest BCUT2D eigenvalue weighted by Gasteiger charge is 2.23. The minimum Gasteiger partial charge on any atom is -0.493 e. The molecule has 12 heteroatoms. The Bertz CT molecular complexity index is 1110. The van der Waals surface area contributed by atoms with Crippen molar-refractivity contribution in [2.24, 2.45) is 0 Å². The number of aromatic nitrogens is 2. The molecule has 0 N–H and O–H groups in total. The Morgan fingerprint density at radius 3 is 2.35 bits per heavy atom. The molecule has 3 rings (SSSR count). The van der Waals surface area contributed by atoms with E-state index < -0.39 is 23.2 Å². The molecule has 0 saturated heterocycles. The smallest absolute Gasteiger partial charge is 0.345 e. The molecule has 0 bridgehead atoms. The van der Waals surface area contributed by atoms with Gasteiger partial charge in [0.15, 0.2) is 18.1 Å². The molecule has 0 aliphatic heterocycles. The van der Waals surface area contributed by atoms with Gasteiger partial charge >= 0.3 is 5.97 Å². The van der Waals surface area contributed by atoms with Crippen molar-refractivity contribution in [1.82, 2.24) is 10.2 Å². The molecule has 0 spiro atoms. The molecular formula is C19H16ClN3O8. The molecule has 0 atom stereocenters. The molecular weight excluding hydrogens is 434 g/mol. The second-order valence-corrected chi connectivity index (χ2v) is 6.35. The maximum absolute atomic E-state index is 12.3. The van der Waals surface area contributed by atoms with Gasteiger partial charge in [-0.2, -0.15) is 0 Å². The number of carbonyl (C=O) groups is 1. The van der Waals surface area contributed by atoms with Crippen LogP contribution in [0.4, 0.5) is 5.69 Å². The van der Waals surface area contributed by atoms with Crippen LogP contribution in [0.15, 0.2) is 34.7 Å². The Kier molecular flexibility index (Phi) is 6.55. The molecule has 162 valence electrons. The van der Waals surface area contributed by atoms with Gasteiger partial charge in [-0.25, -0.2) is 4.79 Å². The topological polar surface area (TPSA) is 136 Å². The number of halogens is 1. The van der Waals surface area contributed by atoms with E-state index in [9.17, 15) is 14.9 Å². The van der Waals surface area contributed by atoms with Crippen LogP contribution in [0.2, 0.25) is 5.02 Å². The lowest BCUT2D eigenvalue weighted by Crippen LogP contribution is -2.08. The number of carbonyl (C=O) groups excluding carboxylic acids is 1. The van der Waals surface area contributed by atoms with Crippen LogP contribution in [-0.2, 0) is 11.3 Å². The van der Waals surface area contributed by atoms with Crippen LogP contribution in [-0.4, -0.2) is 42.4 Å². The van der Waals surface area contributed by atoms with Gasteiger partial charge in [0.1, 0.15) is 5.56 Å². The second kappa shape index (κ2) is 9.30. The van der Waals surface area contributed by atoms with Gasteiger partial charge in [0.05, 0.1) is 26.3 Å². The van der Waals surface area contributed by atoms with E-state index in [1.54, 1.807) is 12.1 Å². The Hall–Kier alpha value is -3.86. The van der Waals surface area contributed by atoms with Crippen LogP contribution >= 0.6 is 11.6 Å². The molecule has 2 aromatic carbocycles. The lowest BCUT2D eigenvalue weighted by Gasteiger charge is -2.12. The molecule has 0 fully saturated rings. The first-order valence-corrected chi connectivity index (χ1v) is 8.99. The van der Waals surface area contributed by atoms with Crippen LogP contribution in [0.25, 0.3) is 11.5 Å². The molecule has 0 radical (unpaired) electrons. The highest BCUT2D eigenvalue weighted by Crippen LogP contribution is 2.40. The molecule has 0 saturated carbocycles. The number of esters is 1. The average Bonchev–Trinajstić information content (AvgIpc) is 3.25. The lowest BCUT2D eigenvalue weighted by atomic mass is 10.2. The van der Waals surface area contributed by atoms with Crippen LogP contribution in [0.1, 0.15) is 16.2 Å². The summed E-state index contributed by atoms with van der Waals surface area (Å²) in [6.45, 7) is -0.393. The molecule has 31 heavy (non-hydrogen) atoms. The van der Waals surface area contributed by atoms with E-state index in [-0.39, 0.29) is 22.4 Å². The largest absolute Gasteiger partial charge is 0.493 e. The summed E-state index contributed by atoms with van der Waals surface area (Å²) in [6.07, 6.45) is 0. The summed E-state index contributed by atoms with van der Waals surface area (Å²) in [5, 5.41) is 19.0.